The van der Waals surface area contributed by atoms with Gasteiger partial charge in [-0.25, -0.2) is 9.18 Å². The molecule has 1 unspecified atom stereocenters. The van der Waals surface area contributed by atoms with Crippen molar-refractivity contribution in [3.05, 3.63) is 29.0 Å². The maximum Gasteiger partial charge on any atom is 0.347 e. The standard InChI is InChI=1S/C13H16ClFO3/c1-8(12(16)18-13(2,3)4)17-11-9(14)6-5-7-10(11)15/h5-8H,1-4H3. The minimum Gasteiger partial charge on any atom is -0.474 e. The Morgan fingerprint density at radius 1 is 1.39 bits per heavy atom. The molecular formula is C13H16ClFO3. The predicted octanol–water partition coefficient (Wildman–Crippen LogP) is 3.59. The lowest BCUT2D eigenvalue weighted by Crippen LogP contribution is -2.33. The van der Waals surface area contributed by atoms with E-state index in [0.29, 0.717) is 0 Å². The number of carbonyl (C=O) groups excluding carboxylic acids is 1. The van der Waals surface area contributed by atoms with Crippen molar-refractivity contribution in [2.24, 2.45) is 0 Å². The summed E-state index contributed by atoms with van der Waals surface area (Å²) in [5.41, 5.74) is -0.617. The molecule has 0 radical (unpaired) electrons. The van der Waals surface area contributed by atoms with Crippen molar-refractivity contribution >= 4 is 17.6 Å². The average molecular weight is 275 g/mol. The molecule has 0 aliphatic rings. The summed E-state index contributed by atoms with van der Waals surface area (Å²) < 4.78 is 23.8. The van der Waals surface area contributed by atoms with Gasteiger partial charge >= 0.3 is 5.97 Å². The van der Waals surface area contributed by atoms with Gasteiger partial charge in [0, 0.05) is 0 Å². The van der Waals surface area contributed by atoms with Crippen LogP contribution in [0.2, 0.25) is 5.02 Å². The van der Waals surface area contributed by atoms with E-state index >= 15 is 0 Å². The van der Waals surface area contributed by atoms with E-state index in [1.165, 1.54) is 25.1 Å². The molecule has 1 aromatic carbocycles. The highest BCUT2D eigenvalue weighted by Gasteiger charge is 2.24. The quantitative estimate of drug-likeness (QED) is 0.790. The Hall–Kier alpha value is -1.29. The second-order valence-corrected chi connectivity index (χ2v) is 5.25. The van der Waals surface area contributed by atoms with Gasteiger partial charge < -0.3 is 9.47 Å². The molecule has 0 aliphatic heterocycles. The third kappa shape index (κ3) is 4.18. The summed E-state index contributed by atoms with van der Waals surface area (Å²) >= 11 is 5.79. The Balaban J connectivity index is 2.76. The van der Waals surface area contributed by atoms with Crippen LogP contribution in [0.3, 0.4) is 0 Å². The fourth-order valence-corrected chi connectivity index (χ4v) is 1.41. The molecule has 100 valence electrons. The molecule has 1 rings (SSSR count). The summed E-state index contributed by atoms with van der Waals surface area (Å²) in [5, 5.41) is 0.116. The van der Waals surface area contributed by atoms with Gasteiger partial charge in [0.05, 0.1) is 5.02 Å². The van der Waals surface area contributed by atoms with Gasteiger partial charge in [-0.15, -0.1) is 0 Å². The van der Waals surface area contributed by atoms with Gasteiger partial charge in [-0.3, -0.25) is 0 Å². The van der Waals surface area contributed by atoms with Crippen molar-refractivity contribution in [2.75, 3.05) is 0 Å². The van der Waals surface area contributed by atoms with Crippen molar-refractivity contribution in [1.82, 2.24) is 0 Å². The molecule has 0 saturated heterocycles. The van der Waals surface area contributed by atoms with Crippen LogP contribution >= 0.6 is 11.6 Å². The molecule has 1 aromatic rings. The molecule has 1 atom stereocenters. The smallest absolute Gasteiger partial charge is 0.347 e. The number of hydrogen-bond donors (Lipinski definition) is 0. The Morgan fingerprint density at radius 3 is 2.50 bits per heavy atom. The van der Waals surface area contributed by atoms with Crippen molar-refractivity contribution in [1.29, 1.82) is 0 Å². The molecular weight excluding hydrogens is 259 g/mol. The zero-order valence-electron chi connectivity index (χ0n) is 10.8. The van der Waals surface area contributed by atoms with Crippen molar-refractivity contribution in [3.8, 4) is 5.75 Å². The van der Waals surface area contributed by atoms with E-state index < -0.39 is 23.5 Å². The maximum atomic E-state index is 13.5. The molecule has 0 spiro atoms. The van der Waals surface area contributed by atoms with Gasteiger partial charge in [-0.1, -0.05) is 17.7 Å². The van der Waals surface area contributed by atoms with Gasteiger partial charge in [-0.2, -0.15) is 0 Å². The molecule has 0 fully saturated rings. The molecule has 0 N–H and O–H groups in total. The first-order chi connectivity index (χ1) is 8.20. The minimum atomic E-state index is -0.932. The van der Waals surface area contributed by atoms with E-state index in [2.05, 4.69) is 0 Å². The third-order valence-corrected chi connectivity index (χ3v) is 2.25. The van der Waals surface area contributed by atoms with Crippen LogP contribution < -0.4 is 4.74 Å². The molecule has 3 nitrogen and oxygen atoms in total. The molecule has 0 heterocycles. The summed E-state index contributed by atoms with van der Waals surface area (Å²) in [6.07, 6.45) is -0.932. The lowest BCUT2D eigenvalue weighted by molar-refractivity contribution is -0.162. The van der Waals surface area contributed by atoms with Gasteiger partial charge in [0.25, 0.3) is 0 Å². The van der Waals surface area contributed by atoms with Crippen LogP contribution in [0, 0.1) is 5.82 Å². The van der Waals surface area contributed by atoms with Crippen molar-refractivity contribution in [3.63, 3.8) is 0 Å². The maximum absolute atomic E-state index is 13.5. The number of benzene rings is 1. The summed E-state index contributed by atoms with van der Waals surface area (Å²) in [4.78, 5) is 11.7. The highest BCUT2D eigenvalue weighted by atomic mass is 35.5. The van der Waals surface area contributed by atoms with E-state index in [4.69, 9.17) is 21.1 Å². The number of carbonyl (C=O) groups is 1. The molecule has 0 amide bonds. The lowest BCUT2D eigenvalue weighted by atomic mass is 10.2. The van der Waals surface area contributed by atoms with Gasteiger partial charge in [0.2, 0.25) is 0 Å². The Morgan fingerprint density at radius 2 is 2.00 bits per heavy atom. The fraction of sp³-hybridized carbons (Fsp3) is 0.462. The zero-order valence-corrected chi connectivity index (χ0v) is 11.5. The number of halogens is 2. The molecule has 0 saturated carbocycles. The molecule has 0 aromatic heterocycles. The summed E-state index contributed by atoms with van der Waals surface area (Å²) in [7, 11) is 0. The predicted molar refractivity (Wildman–Crippen MR) is 67.3 cm³/mol. The minimum absolute atomic E-state index is 0.116. The van der Waals surface area contributed by atoms with Crippen LogP contribution in [0.4, 0.5) is 4.39 Å². The molecule has 0 bridgehead atoms. The Kier molecular flexibility index (Phi) is 4.57. The summed E-state index contributed by atoms with van der Waals surface area (Å²) in [6.45, 7) is 6.71. The second-order valence-electron chi connectivity index (χ2n) is 4.84. The summed E-state index contributed by atoms with van der Waals surface area (Å²) in [5.74, 6) is -1.32. The van der Waals surface area contributed by atoms with Crippen LogP contribution in [0.5, 0.6) is 5.75 Å². The first kappa shape index (κ1) is 14.8. The van der Waals surface area contributed by atoms with Crippen LogP contribution in [0.1, 0.15) is 27.7 Å². The van der Waals surface area contributed by atoms with Crippen molar-refractivity contribution < 1.29 is 18.7 Å². The van der Waals surface area contributed by atoms with Crippen molar-refractivity contribution in [2.45, 2.75) is 39.4 Å². The molecule has 5 heteroatoms. The first-order valence-corrected chi connectivity index (χ1v) is 5.92. The van der Waals surface area contributed by atoms with E-state index in [1.807, 2.05) is 0 Å². The number of ether oxygens (including phenoxy) is 2. The number of hydrogen-bond acceptors (Lipinski definition) is 3. The highest BCUT2D eigenvalue weighted by molar-refractivity contribution is 6.32. The van der Waals surface area contributed by atoms with Crippen LogP contribution in [-0.2, 0) is 9.53 Å². The third-order valence-electron chi connectivity index (χ3n) is 1.95. The molecule has 18 heavy (non-hydrogen) atoms. The van der Waals surface area contributed by atoms with Gasteiger partial charge in [-0.05, 0) is 39.8 Å². The van der Waals surface area contributed by atoms with E-state index in [-0.39, 0.29) is 10.8 Å². The first-order valence-electron chi connectivity index (χ1n) is 5.54. The van der Waals surface area contributed by atoms with E-state index in [1.54, 1.807) is 20.8 Å². The zero-order chi connectivity index (χ0) is 13.9. The van der Waals surface area contributed by atoms with Crippen LogP contribution in [0.25, 0.3) is 0 Å². The summed E-state index contributed by atoms with van der Waals surface area (Å²) in [6, 6.07) is 4.16. The van der Waals surface area contributed by atoms with E-state index in [0.717, 1.165) is 0 Å². The average Bonchev–Trinajstić information content (AvgIpc) is 2.21. The number of para-hydroxylation sites is 1. The van der Waals surface area contributed by atoms with Gasteiger partial charge in [0.15, 0.2) is 17.7 Å². The van der Waals surface area contributed by atoms with Crippen LogP contribution in [0.15, 0.2) is 18.2 Å². The number of rotatable bonds is 3. The van der Waals surface area contributed by atoms with Crippen LogP contribution in [-0.4, -0.2) is 17.7 Å². The second kappa shape index (κ2) is 5.57. The highest BCUT2D eigenvalue weighted by Crippen LogP contribution is 2.28. The molecule has 0 aliphatic carbocycles. The topological polar surface area (TPSA) is 35.5 Å². The monoisotopic (exact) mass is 274 g/mol. The lowest BCUT2D eigenvalue weighted by Gasteiger charge is -2.23. The Bertz CT molecular complexity index is 420. The van der Waals surface area contributed by atoms with E-state index in [9.17, 15) is 9.18 Å². The largest absolute Gasteiger partial charge is 0.474 e. The SMILES string of the molecule is CC(Oc1c(F)cccc1Cl)C(=O)OC(C)(C)C. The number of esters is 1. The normalized spacial score (nSPS) is 13.0. The van der Waals surface area contributed by atoms with Gasteiger partial charge in [0.1, 0.15) is 5.60 Å². The Labute approximate surface area is 111 Å². The fourth-order valence-electron chi connectivity index (χ4n) is 1.20.